The Hall–Kier alpha value is -0.900. The third-order valence-corrected chi connectivity index (χ3v) is 3.07. The first-order chi connectivity index (χ1) is 7.75. The SMILES string of the molecule is Fc1ccc(Br)cc1NC1=NCCCCC1. The van der Waals surface area contributed by atoms with Gasteiger partial charge in [0.25, 0.3) is 0 Å². The van der Waals surface area contributed by atoms with Gasteiger partial charge in [-0.2, -0.15) is 0 Å². The molecule has 1 heterocycles. The fraction of sp³-hybridized carbons (Fsp3) is 0.417. The van der Waals surface area contributed by atoms with Gasteiger partial charge >= 0.3 is 0 Å². The predicted molar refractivity (Wildman–Crippen MR) is 68.5 cm³/mol. The Morgan fingerprint density at radius 2 is 2.12 bits per heavy atom. The van der Waals surface area contributed by atoms with Crippen molar-refractivity contribution in [2.45, 2.75) is 25.7 Å². The number of halogens is 2. The quantitative estimate of drug-likeness (QED) is 0.829. The predicted octanol–water partition coefficient (Wildman–Crippen LogP) is 3.97. The summed E-state index contributed by atoms with van der Waals surface area (Å²) >= 11 is 3.33. The first-order valence-corrected chi connectivity index (χ1v) is 6.30. The molecule has 2 rings (SSSR count). The molecule has 0 atom stereocenters. The first-order valence-electron chi connectivity index (χ1n) is 5.51. The molecule has 4 heteroatoms. The van der Waals surface area contributed by atoms with Gasteiger partial charge in [-0.15, -0.1) is 0 Å². The van der Waals surface area contributed by atoms with Crippen LogP contribution < -0.4 is 5.32 Å². The van der Waals surface area contributed by atoms with Crippen LogP contribution in [0.5, 0.6) is 0 Å². The third kappa shape index (κ3) is 3.04. The van der Waals surface area contributed by atoms with Gasteiger partial charge in [-0.1, -0.05) is 22.4 Å². The lowest BCUT2D eigenvalue weighted by molar-refractivity contribution is 0.631. The van der Waals surface area contributed by atoms with E-state index in [0.717, 1.165) is 36.1 Å². The summed E-state index contributed by atoms with van der Waals surface area (Å²) in [5.41, 5.74) is 0.495. The van der Waals surface area contributed by atoms with Gasteiger partial charge in [0.15, 0.2) is 0 Å². The van der Waals surface area contributed by atoms with Gasteiger partial charge in [0.2, 0.25) is 0 Å². The number of hydrogen-bond acceptors (Lipinski definition) is 2. The van der Waals surface area contributed by atoms with Gasteiger partial charge in [-0.25, -0.2) is 4.39 Å². The van der Waals surface area contributed by atoms with Crippen LogP contribution in [0.1, 0.15) is 25.7 Å². The maximum Gasteiger partial charge on any atom is 0.146 e. The van der Waals surface area contributed by atoms with Crippen LogP contribution in [0.3, 0.4) is 0 Å². The molecule has 0 fully saturated rings. The van der Waals surface area contributed by atoms with Gasteiger partial charge in [-0.3, -0.25) is 4.99 Å². The zero-order chi connectivity index (χ0) is 11.4. The highest BCUT2D eigenvalue weighted by molar-refractivity contribution is 9.10. The summed E-state index contributed by atoms with van der Waals surface area (Å²) in [5.74, 6) is 0.657. The summed E-state index contributed by atoms with van der Waals surface area (Å²) in [6, 6.07) is 4.88. The molecule has 1 N–H and O–H groups in total. The van der Waals surface area contributed by atoms with Crippen LogP contribution >= 0.6 is 15.9 Å². The molecule has 0 aromatic heterocycles. The molecular weight excluding hydrogens is 271 g/mol. The zero-order valence-corrected chi connectivity index (χ0v) is 10.6. The fourth-order valence-electron chi connectivity index (χ4n) is 1.72. The lowest BCUT2D eigenvalue weighted by Crippen LogP contribution is -2.12. The fourth-order valence-corrected chi connectivity index (χ4v) is 2.09. The molecule has 0 saturated carbocycles. The molecule has 0 bridgehead atoms. The van der Waals surface area contributed by atoms with E-state index >= 15 is 0 Å². The number of benzene rings is 1. The molecule has 1 aliphatic heterocycles. The Labute approximate surface area is 103 Å². The second-order valence-electron chi connectivity index (χ2n) is 3.89. The summed E-state index contributed by atoms with van der Waals surface area (Å²) in [5, 5.41) is 3.07. The molecule has 0 aliphatic carbocycles. The van der Waals surface area contributed by atoms with Crippen molar-refractivity contribution >= 4 is 27.5 Å². The minimum Gasteiger partial charge on any atom is -0.342 e. The van der Waals surface area contributed by atoms with Crippen LogP contribution in [0.2, 0.25) is 0 Å². The van der Waals surface area contributed by atoms with Crippen molar-refractivity contribution < 1.29 is 4.39 Å². The summed E-state index contributed by atoms with van der Waals surface area (Å²) in [6.07, 6.45) is 4.37. The zero-order valence-electron chi connectivity index (χ0n) is 8.97. The minimum atomic E-state index is -0.241. The number of anilines is 1. The maximum absolute atomic E-state index is 13.5. The second-order valence-corrected chi connectivity index (χ2v) is 4.80. The van der Waals surface area contributed by atoms with E-state index in [1.54, 1.807) is 12.1 Å². The molecule has 1 aliphatic rings. The summed E-state index contributed by atoms with van der Waals surface area (Å²) in [7, 11) is 0. The van der Waals surface area contributed by atoms with E-state index in [1.165, 1.54) is 12.5 Å². The highest BCUT2D eigenvalue weighted by atomic mass is 79.9. The minimum absolute atomic E-state index is 0.241. The molecule has 0 amide bonds. The maximum atomic E-state index is 13.5. The van der Waals surface area contributed by atoms with E-state index < -0.39 is 0 Å². The first kappa shape index (κ1) is 11.6. The lowest BCUT2D eigenvalue weighted by atomic mass is 10.2. The van der Waals surface area contributed by atoms with Gasteiger partial charge in [-0.05, 0) is 31.0 Å². The van der Waals surface area contributed by atoms with E-state index in [9.17, 15) is 4.39 Å². The van der Waals surface area contributed by atoms with Gasteiger partial charge in [0.1, 0.15) is 11.7 Å². The van der Waals surface area contributed by atoms with E-state index in [4.69, 9.17) is 0 Å². The van der Waals surface area contributed by atoms with Crippen LogP contribution in [0.25, 0.3) is 0 Å². The molecule has 2 nitrogen and oxygen atoms in total. The highest BCUT2D eigenvalue weighted by Gasteiger charge is 2.08. The van der Waals surface area contributed by atoms with Crippen LogP contribution in [0, 0.1) is 5.82 Å². The molecule has 0 radical (unpaired) electrons. The van der Waals surface area contributed by atoms with E-state index in [1.807, 2.05) is 0 Å². The molecule has 0 unspecified atom stereocenters. The standard InChI is InChI=1S/C12H14BrFN2/c13-9-5-6-10(14)11(8-9)16-12-4-2-1-3-7-15-12/h5-6,8H,1-4,7H2,(H,15,16). The van der Waals surface area contributed by atoms with Crippen molar-refractivity contribution in [2.75, 3.05) is 11.9 Å². The summed E-state index contributed by atoms with van der Waals surface area (Å²) in [6.45, 7) is 0.845. The average Bonchev–Trinajstić information content (AvgIpc) is 2.52. The van der Waals surface area contributed by atoms with E-state index in [-0.39, 0.29) is 5.82 Å². The Bertz CT molecular complexity index is 404. The normalized spacial score (nSPS) is 16.5. The monoisotopic (exact) mass is 284 g/mol. The van der Waals surface area contributed by atoms with Crippen molar-refractivity contribution in [3.63, 3.8) is 0 Å². The van der Waals surface area contributed by atoms with Crippen LogP contribution in [0.15, 0.2) is 27.7 Å². The van der Waals surface area contributed by atoms with Crippen LogP contribution in [0.4, 0.5) is 10.1 Å². The highest BCUT2D eigenvalue weighted by Crippen LogP contribution is 2.21. The molecule has 16 heavy (non-hydrogen) atoms. The van der Waals surface area contributed by atoms with Crippen molar-refractivity contribution in [3.05, 3.63) is 28.5 Å². The number of nitrogens with zero attached hydrogens (tertiary/aromatic N) is 1. The lowest BCUT2D eigenvalue weighted by Gasteiger charge is -2.09. The van der Waals surface area contributed by atoms with Crippen LogP contribution in [-0.2, 0) is 0 Å². The molecule has 0 spiro atoms. The number of rotatable bonds is 1. The van der Waals surface area contributed by atoms with Crippen LogP contribution in [-0.4, -0.2) is 12.4 Å². The van der Waals surface area contributed by atoms with Gasteiger partial charge in [0, 0.05) is 17.4 Å². The van der Waals surface area contributed by atoms with Crippen molar-refractivity contribution in [1.82, 2.24) is 0 Å². The van der Waals surface area contributed by atoms with Gasteiger partial charge in [0.05, 0.1) is 5.69 Å². The largest absolute Gasteiger partial charge is 0.342 e. The topological polar surface area (TPSA) is 24.4 Å². The Morgan fingerprint density at radius 3 is 3.00 bits per heavy atom. The molecule has 0 saturated heterocycles. The molecule has 1 aromatic carbocycles. The molecule has 1 aromatic rings. The third-order valence-electron chi connectivity index (χ3n) is 2.58. The average molecular weight is 285 g/mol. The Kier molecular flexibility index (Phi) is 3.93. The summed E-state index contributed by atoms with van der Waals surface area (Å²) < 4.78 is 14.4. The molecule has 86 valence electrons. The number of aliphatic imine (C=N–C) groups is 1. The van der Waals surface area contributed by atoms with Crippen molar-refractivity contribution in [1.29, 1.82) is 0 Å². The number of hydrogen-bond donors (Lipinski definition) is 1. The second kappa shape index (κ2) is 5.43. The van der Waals surface area contributed by atoms with Gasteiger partial charge < -0.3 is 5.32 Å². The number of nitrogens with one attached hydrogen (secondary N) is 1. The molecular formula is C12H14BrFN2. The van der Waals surface area contributed by atoms with Crippen molar-refractivity contribution in [3.8, 4) is 0 Å². The van der Waals surface area contributed by atoms with Crippen molar-refractivity contribution in [2.24, 2.45) is 4.99 Å². The van der Waals surface area contributed by atoms with E-state index in [0.29, 0.717) is 5.69 Å². The Morgan fingerprint density at radius 1 is 1.25 bits per heavy atom. The number of amidine groups is 1. The smallest absolute Gasteiger partial charge is 0.146 e. The van der Waals surface area contributed by atoms with E-state index in [2.05, 4.69) is 26.2 Å². The Balaban J connectivity index is 2.13. The summed E-state index contributed by atoms with van der Waals surface area (Å²) in [4.78, 5) is 4.41.